The zero-order chi connectivity index (χ0) is 17.9. The van der Waals surface area contributed by atoms with Crippen molar-refractivity contribution in [1.29, 1.82) is 0 Å². The summed E-state index contributed by atoms with van der Waals surface area (Å²) in [4.78, 5) is 0. The Morgan fingerprint density at radius 2 is 1.76 bits per heavy atom. The molecule has 0 aromatic heterocycles. The van der Waals surface area contributed by atoms with E-state index in [-0.39, 0.29) is 11.7 Å². The molecule has 25 heavy (non-hydrogen) atoms. The van der Waals surface area contributed by atoms with Crippen LogP contribution in [0.3, 0.4) is 0 Å². The number of aryl methyl sites for hydroxylation is 1. The Kier molecular flexibility index (Phi) is 5.30. The van der Waals surface area contributed by atoms with Gasteiger partial charge in [0, 0.05) is 6.54 Å². The minimum Gasteiger partial charge on any atom is -0.493 e. The van der Waals surface area contributed by atoms with Crippen LogP contribution >= 0.6 is 0 Å². The molecule has 2 aromatic rings. The number of sulfonamides is 1. The van der Waals surface area contributed by atoms with Gasteiger partial charge in [-0.25, -0.2) is 13.1 Å². The van der Waals surface area contributed by atoms with Gasteiger partial charge in [0.2, 0.25) is 10.0 Å². The van der Waals surface area contributed by atoms with Gasteiger partial charge >= 0.3 is 0 Å². The average Bonchev–Trinajstić information content (AvgIpc) is 3.01. The van der Waals surface area contributed by atoms with Crippen molar-refractivity contribution in [2.75, 3.05) is 20.8 Å². The van der Waals surface area contributed by atoms with Crippen LogP contribution in [0.5, 0.6) is 11.5 Å². The standard InChI is InChI=1S/C19H23NO4S/c1-23-18-10-15-8-9-16(17(15)11-19(18)24-2)12-20-25(21,22)13-14-6-4-3-5-7-14/h3-7,10-11,16,20H,8-9,12-13H2,1-2H3. The normalized spacial score (nSPS) is 16.5. The monoisotopic (exact) mass is 361 g/mol. The number of ether oxygens (including phenoxy) is 2. The van der Waals surface area contributed by atoms with Crippen molar-refractivity contribution in [3.63, 3.8) is 0 Å². The third-order valence-electron chi connectivity index (χ3n) is 4.60. The molecule has 3 rings (SSSR count). The molecule has 5 nitrogen and oxygen atoms in total. The number of benzene rings is 2. The van der Waals surface area contributed by atoms with Crippen molar-refractivity contribution in [2.45, 2.75) is 24.5 Å². The summed E-state index contributed by atoms with van der Waals surface area (Å²) in [5.74, 6) is 1.55. The second-order valence-corrected chi connectivity index (χ2v) is 8.04. The Morgan fingerprint density at radius 1 is 1.08 bits per heavy atom. The Labute approximate surface area is 149 Å². The van der Waals surface area contributed by atoms with Gasteiger partial charge in [-0.15, -0.1) is 0 Å². The molecule has 0 saturated heterocycles. The van der Waals surface area contributed by atoms with E-state index in [0.29, 0.717) is 18.0 Å². The minimum atomic E-state index is -3.36. The van der Waals surface area contributed by atoms with E-state index in [1.807, 2.05) is 42.5 Å². The molecule has 1 atom stereocenters. The van der Waals surface area contributed by atoms with Gasteiger partial charge < -0.3 is 9.47 Å². The zero-order valence-corrected chi connectivity index (χ0v) is 15.3. The summed E-state index contributed by atoms with van der Waals surface area (Å²) in [7, 11) is -0.132. The lowest BCUT2D eigenvalue weighted by atomic mass is 10.0. The predicted octanol–water partition coefficient (Wildman–Crippen LogP) is 2.85. The highest BCUT2D eigenvalue weighted by atomic mass is 32.2. The van der Waals surface area contributed by atoms with Crippen molar-refractivity contribution in [3.8, 4) is 11.5 Å². The lowest BCUT2D eigenvalue weighted by molar-refractivity contribution is 0.354. The fourth-order valence-corrected chi connectivity index (χ4v) is 4.49. The van der Waals surface area contributed by atoms with Gasteiger partial charge in [-0.3, -0.25) is 0 Å². The third-order valence-corrected chi connectivity index (χ3v) is 5.92. The molecule has 6 heteroatoms. The molecule has 0 radical (unpaired) electrons. The van der Waals surface area contributed by atoms with E-state index >= 15 is 0 Å². The van der Waals surface area contributed by atoms with Gasteiger partial charge in [0.05, 0.1) is 20.0 Å². The first-order chi connectivity index (χ1) is 12.0. The Hall–Kier alpha value is -2.05. The SMILES string of the molecule is COc1cc2c(cc1OC)C(CNS(=O)(=O)Cc1ccccc1)CC2. The van der Waals surface area contributed by atoms with Crippen LogP contribution in [0, 0.1) is 0 Å². The highest BCUT2D eigenvalue weighted by Gasteiger charge is 2.26. The number of fused-ring (bicyclic) bond motifs is 1. The lowest BCUT2D eigenvalue weighted by Gasteiger charge is -2.15. The molecule has 0 fully saturated rings. The van der Waals surface area contributed by atoms with Crippen LogP contribution in [-0.4, -0.2) is 29.2 Å². The van der Waals surface area contributed by atoms with Gasteiger partial charge in [-0.05, 0) is 47.6 Å². The largest absolute Gasteiger partial charge is 0.493 e. The highest BCUT2D eigenvalue weighted by Crippen LogP contribution is 2.40. The third kappa shape index (κ3) is 4.14. The van der Waals surface area contributed by atoms with Crippen molar-refractivity contribution < 1.29 is 17.9 Å². The van der Waals surface area contributed by atoms with E-state index in [2.05, 4.69) is 4.72 Å². The topological polar surface area (TPSA) is 64.6 Å². The minimum absolute atomic E-state index is 0.000644. The second-order valence-electron chi connectivity index (χ2n) is 6.23. The van der Waals surface area contributed by atoms with Crippen LogP contribution in [-0.2, 0) is 22.2 Å². The second kappa shape index (κ2) is 7.45. The van der Waals surface area contributed by atoms with E-state index in [0.717, 1.165) is 24.0 Å². The molecule has 1 aliphatic rings. The number of hydrogen-bond acceptors (Lipinski definition) is 4. The van der Waals surface area contributed by atoms with Gasteiger partial charge in [0.15, 0.2) is 11.5 Å². The van der Waals surface area contributed by atoms with Crippen molar-refractivity contribution in [3.05, 3.63) is 59.2 Å². The Balaban J connectivity index is 1.70. The summed E-state index contributed by atoms with van der Waals surface area (Å²) in [6, 6.07) is 13.2. The van der Waals surface area contributed by atoms with Crippen molar-refractivity contribution in [1.82, 2.24) is 4.72 Å². The predicted molar refractivity (Wildman–Crippen MR) is 97.7 cm³/mol. The first-order valence-corrected chi connectivity index (χ1v) is 9.93. The molecule has 0 aliphatic heterocycles. The molecule has 0 amide bonds. The Bertz CT molecular complexity index is 834. The molecule has 2 aromatic carbocycles. The number of nitrogens with one attached hydrogen (secondary N) is 1. The maximum absolute atomic E-state index is 12.3. The van der Waals surface area contributed by atoms with Crippen LogP contribution < -0.4 is 14.2 Å². The van der Waals surface area contributed by atoms with Gasteiger partial charge in [0.1, 0.15) is 0 Å². The van der Waals surface area contributed by atoms with Crippen LogP contribution in [0.25, 0.3) is 0 Å². The molecular weight excluding hydrogens is 338 g/mol. The fourth-order valence-electron chi connectivity index (χ4n) is 3.30. The van der Waals surface area contributed by atoms with Gasteiger partial charge in [-0.1, -0.05) is 30.3 Å². The van der Waals surface area contributed by atoms with Gasteiger partial charge in [-0.2, -0.15) is 0 Å². The van der Waals surface area contributed by atoms with E-state index in [4.69, 9.17) is 9.47 Å². The lowest BCUT2D eigenvalue weighted by Crippen LogP contribution is -2.29. The van der Waals surface area contributed by atoms with E-state index < -0.39 is 10.0 Å². The molecule has 0 heterocycles. The maximum Gasteiger partial charge on any atom is 0.215 e. The highest BCUT2D eigenvalue weighted by molar-refractivity contribution is 7.88. The summed E-state index contributed by atoms with van der Waals surface area (Å²) < 4.78 is 38.1. The van der Waals surface area contributed by atoms with Gasteiger partial charge in [0.25, 0.3) is 0 Å². The summed E-state index contributed by atoms with van der Waals surface area (Å²) >= 11 is 0. The zero-order valence-electron chi connectivity index (χ0n) is 14.5. The molecule has 0 saturated carbocycles. The fraction of sp³-hybridized carbons (Fsp3) is 0.368. The molecule has 0 spiro atoms. The summed E-state index contributed by atoms with van der Waals surface area (Å²) in [6.45, 7) is 0.400. The van der Waals surface area contributed by atoms with Crippen LogP contribution in [0.15, 0.2) is 42.5 Å². The molecule has 1 aliphatic carbocycles. The smallest absolute Gasteiger partial charge is 0.215 e. The van der Waals surface area contributed by atoms with Crippen LogP contribution in [0.1, 0.15) is 29.0 Å². The van der Waals surface area contributed by atoms with E-state index in [1.54, 1.807) is 14.2 Å². The van der Waals surface area contributed by atoms with Crippen molar-refractivity contribution in [2.24, 2.45) is 0 Å². The number of methoxy groups -OCH3 is 2. The summed E-state index contributed by atoms with van der Waals surface area (Å²) in [5, 5.41) is 0. The quantitative estimate of drug-likeness (QED) is 0.824. The summed E-state index contributed by atoms with van der Waals surface area (Å²) in [5.41, 5.74) is 3.12. The molecular formula is C19H23NO4S. The Morgan fingerprint density at radius 3 is 2.44 bits per heavy atom. The molecule has 1 unspecified atom stereocenters. The van der Waals surface area contributed by atoms with E-state index in [9.17, 15) is 8.42 Å². The first-order valence-electron chi connectivity index (χ1n) is 8.28. The average molecular weight is 361 g/mol. The maximum atomic E-state index is 12.3. The van der Waals surface area contributed by atoms with Crippen LogP contribution in [0.2, 0.25) is 0 Å². The number of rotatable bonds is 7. The van der Waals surface area contributed by atoms with Crippen molar-refractivity contribution >= 4 is 10.0 Å². The van der Waals surface area contributed by atoms with E-state index in [1.165, 1.54) is 5.56 Å². The number of hydrogen-bond donors (Lipinski definition) is 1. The van der Waals surface area contributed by atoms with Crippen LogP contribution in [0.4, 0.5) is 0 Å². The summed E-state index contributed by atoms with van der Waals surface area (Å²) in [6.07, 6.45) is 1.83. The first kappa shape index (κ1) is 17.8. The molecule has 0 bridgehead atoms. The molecule has 134 valence electrons. The molecule has 1 N–H and O–H groups in total.